The maximum atomic E-state index is 6.23. The molecule has 0 spiro atoms. The average Bonchev–Trinajstić information content (AvgIpc) is 3.47. The first-order valence-corrected chi connectivity index (χ1v) is 8.92. The van der Waals surface area contributed by atoms with E-state index in [-0.39, 0.29) is 19.1 Å². The number of fused-ring (bicyclic) bond motifs is 4. The summed E-state index contributed by atoms with van der Waals surface area (Å²) in [6, 6.07) is 18.0. The fraction of sp³-hybridized carbons (Fsp3) is 0.190. The van der Waals surface area contributed by atoms with Crippen LogP contribution in [0, 0.1) is 0 Å². The van der Waals surface area contributed by atoms with Gasteiger partial charge in [0.05, 0.1) is 18.0 Å². The minimum absolute atomic E-state index is 0.102. The third-order valence-electron chi connectivity index (χ3n) is 5.19. The number of nitrogens with zero attached hydrogens (tertiary/aromatic N) is 2. The number of hydrogen-bond donors (Lipinski definition) is 0. The van der Waals surface area contributed by atoms with Crippen LogP contribution in [0.25, 0.3) is 0 Å². The van der Waals surface area contributed by atoms with Crippen molar-refractivity contribution in [3.8, 4) is 17.2 Å². The van der Waals surface area contributed by atoms with Gasteiger partial charge in [0, 0.05) is 17.5 Å². The zero-order chi connectivity index (χ0) is 17.8. The molecule has 0 saturated heterocycles. The van der Waals surface area contributed by atoms with Gasteiger partial charge >= 0.3 is 0 Å². The van der Waals surface area contributed by atoms with E-state index in [1.807, 2.05) is 53.5 Å². The molecule has 6 heteroatoms. The molecule has 4 heterocycles. The fourth-order valence-corrected chi connectivity index (χ4v) is 3.90. The second kappa shape index (κ2) is 5.54. The van der Waals surface area contributed by atoms with Gasteiger partial charge in [-0.2, -0.15) is 5.10 Å². The molecule has 0 unspecified atom stereocenters. The minimum atomic E-state index is -0.383. The number of ether oxygens (including phenoxy) is 3. The molecule has 0 radical (unpaired) electrons. The van der Waals surface area contributed by atoms with Gasteiger partial charge in [0.25, 0.3) is 0 Å². The van der Waals surface area contributed by atoms with Gasteiger partial charge in [-0.05, 0) is 36.4 Å². The highest BCUT2D eigenvalue weighted by Gasteiger charge is 2.42. The summed E-state index contributed by atoms with van der Waals surface area (Å²) >= 11 is 0. The topological polar surface area (TPSA) is 56.4 Å². The van der Waals surface area contributed by atoms with Crippen molar-refractivity contribution in [2.45, 2.75) is 18.7 Å². The van der Waals surface area contributed by atoms with Gasteiger partial charge in [-0.15, -0.1) is 0 Å². The Morgan fingerprint density at radius 1 is 0.926 bits per heavy atom. The number of hydrogen-bond acceptors (Lipinski definition) is 6. The van der Waals surface area contributed by atoms with Gasteiger partial charge < -0.3 is 18.6 Å². The second-order valence-electron chi connectivity index (χ2n) is 6.74. The Bertz CT molecular complexity index is 1040. The fourth-order valence-electron chi connectivity index (χ4n) is 3.90. The Hall–Kier alpha value is -3.41. The number of rotatable bonds is 2. The lowest BCUT2D eigenvalue weighted by Gasteiger charge is -2.36. The van der Waals surface area contributed by atoms with Crippen molar-refractivity contribution in [2.24, 2.45) is 5.10 Å². The molecule has 6 rings (SSSR count). The van der Waals surface area contributed by atoms with Crippen molar-refractivity contribution in [2.75, 3.05) is 6.79 Å². The highest BCUT2D eigenvalue weighted by atomic mass is 16.7. The highest BCUT2D eigenvalue weighted by molar-refractivity contribution is 6.02. The number of para-hydroxylation sites is 1. The van der Waals surface area contributed by atoms with E-state index < -0.39 is 0 Å². The Morgan fingerprint density at radius 2 is 1.85 bits per heavy atom. The first-order valence-electron chi connectivity index (χ1n) is 8.92. The molecule has 3 aliphatic rings. The van der Waals surface area contributed by atoms with E-state index in [1.165, 1.54) is 0 Å². The quantitative estimate of drug-likeness (QED) is 0.684. The molecular weight excluding hydrogens is 344 g/mol. The predicted molar refractivity (Wildman–Crippen MR) is 96.8 cm³/mol. The molecule has 0 aliphatic carbocycles. The highest BCUT2D eigenvalue weighted by Crippen LogP contribution is 2.47. The first-order chi connectivity index (χ1) is 13.4. The summed E-state index contributed by atoms with van der Waals surface area (Å²) in [6.45, 7) is 0.266. The van der Waals surface area contributed by atoms with Crippen LogP contribution in [0.2, 0.25) is 0 Å². The molecule has 2 aromatic carbocycles. The maximum absolute atomic E-state index is 6.23. The van der Waals surface area contributed by atoms with E-state index in [0.29, 0.717) is 0 Å². The van der Waals surface area contributed by atoms with Crippen LogP contribution in [0.1, 0.15) is 35.6 Å². The monoisotopic (exact) mass is 360 g/mol. The normalized spacial score (nSPS) is 22.1. The minimum Gasteiger partial charge on any atom is -0.463 e. The van der Waals surface area contributed by atoms with Crippen molar-refractivity contribution in [3.05, 3.63) is 77.7 Å². The SMILES string of the molecule is c1coc([C@@H]2Oc3ccccc3[C@@H]3CC(c4ccc5c(c4)OCO5)=NN32)c1. The van der Waals surface area contributed by atoms with Crippen LogP contribution in [0.5, 0.6) is 17.2 Å². The standard InChI is InChI=1S/C21H16N2O4/c1-2-5-17-14(4-1)16-11-15(13-7-8-18-20(10-13)26-12-25-18)22-23(16)21(27-17)19-6-3-9-24-19/h1-10,16,21H,11-12H2/t16-,21-/m0/s1. The van der Waals surface area contributed by atoms with E-state index in [4.69, 9.17) is 23.7 Å². The second-order valence-corrected chi connectivity index (χ2v) is 6.74. The summed E-state index contributed by atoms with van der Waals surface area (Å²) in [5.74, 6) is 3.16. The van der Waals surface area contributed by atoms with Gasteiger partial charge in [-0.1, -0.05) is 18.2 Å². The van der Waals surface area contributed by atoms with Crippen molar-refractivity contribution < 1.29 is 18.6 Å². The summed E-state index contributed by atoms with van der Waals surface area (Å²) in [4.78, 5) is 0. The van der Waals surface area contributed by atoms with Crippen LogP contribution in [0.3, 0.4) is 0 Å². The molecule has 1 aromatic heterocycles. The van der Waals surface area contributed by atoms with Gasteiger partial charge in [0.15, 0.2) is 17.3 Å². The van der Waals surface area contributed by atoms with Crippen molar-refractivity contribution in [3.63, 3.8) is 0 Å². The van der Waals surface area contributed by atoms with E-state index in [9.17, 15) is 0 Å². The molecule has 3 aromatic rings. The molecular formula is C21H16N2O4. The summed E-state index contributed by atoms with van der Waals surface area (Å²) in [6.07, 6.45) is 2.07. The Labute approximate surface area is 155 Å². The lowest BCUT2D eigenvalue weighted by molar-refractivity contribution is -0.0325. The Balaban J connectivity index is 1.43. The molecule has 0 N–H and O–H groups in total. The van der Waals surface area contributed by atoms with Gasteiger partial charge in [-0.3, -0.25) is 0 Å². The zero-order valence-electron chi connectivity index (χ0n) is 14.4. The van der Waals surface area contributed by atoms with Crippen LogP contribution in [0.15, 0.2) is 70.4 Å². The largest absolute Gasteiger partial charge is 0.463 e. The lowest BCUT2D eigenvalue weighted by atomic mass is 9.96. The van der Waals surface area contributed by atoms with Crippen LogP contribution in [-0.4, -0.2) is 17.5 Å². The summed E-state index contributed by atoms with van der Waals surface area (Å²) in [7, 11) is 0. The number of benzene rings is 2. The van der Waals surface area contributed by atoms with Crippen molar-refractivity contribution in [1.29, 1.82) is 0 Å². The van der Waals surface area contributed by atoms with Crippen LogP contribution in [-0.2, 0) is 0 Å². The zero-order valence-corrected chi connectivity index (χ0v) is 14.4. The summed E-state index contributed by atoms with van der Waals surface area (Å²) in [5.41, 5.74) is 3.17. The Kier molecular flexibility index (Phi) is 3.02. The molecule has 0 fully saturated rings. The molecule has 0 bridgehead atoms. The van der Waals surface area contributed by atoms with Crippen molar-refractivity contribution in [1.82, 2.24) is 5.01 Å². The van der Waals surface area contributed by atoms with Gasteiger partial charge in [-0.25, -0.2) is 5.01 Å². The van der Waals surface area contributed by atoms with Crippen LogP contribution >= 0.6 is 0 Å². The molecule has 27 heavy (non-hydrogen) atoms. The van der Waals surface area contributed by atoms with Gasteiger partial charge in [0.2, 0.25) is 13.0 Å². The third-order valence-corrected chi connectivity index (χ3v) is 5.19. The van der Waals surface area contributed by atoms with Crippen LogP contribution < -0.4 is 14.2 Å². The summed E-state index contributed by atoms with van der Waals surface area (Å²) < 4.78 is 22.8. The molecule has 2 atom stereocenters. The molecule has 6 nitrogen and oxygen atoms in total. The average molecular weight is 360 g/mol. The third kappa shape index (κ3) is 2.23. The molecule has 134 valence electrons. The smallest absolute Gasteiger partial charge is 0.246 e. The van der Waals surface area contributed by atoms with Gasteiger partial charge in [0.1, 0.15) is 5.75 Å². The predicted octanol–water partition coefficient (Wildman–Crippen LogP) is 4.25. The lowest BCUT2D eigenvalue weighted by Crippen LogP contribution is -2.33. The molecule has 0 amide bonds. The maximum Gasteiger partial charge on any atom is 0.246 e. The van der Waals surface area contributed by atoms with Crippen molar-refractivity contribution >= 4 is 5.71 Å². The van der Waals surface area contributed by atoms with E-state index in [1.54, 1.807) is 6.26 Å². The first kappa shape index (κ1) is 14.7. The number of hydrazone groups is 1. The van der Waals surface area contributed by atoms with E-state index in [2.05, 4.69) is 6.07 Å². The molecule has 0 saturated carbocycles. The number of furan rings is 1. The van der Waals surface area contributed by atoms with E-state index >= 15 is 0 Å². The molecule has 3 aliphatic heterocycles. The van der Waals surface area contributed by atoms with Crippen LogP contribution in [0.4, 0.5) is 0 Å². The van der Waals surface area contributed by atoms with E-state index in [0.717, 1.165) is 46.3 Å². The Morgan fingerprint density at radius 3 is 2.78 bits per heavy atom. The summed E-state index contributed by atoms with van der Waals surface area (Å²) in [5, 5.41) is 6.91.